The standard InChI is InChI=1S/C20H28F6N2OS/c1-2-16(29)17-15(11-28-9-7-14(8-10-28)20(24,25)26)27-18(30-17)12-3-5-13(6-4-12)19(21,22)23/h12-14,16,29H,2-11H2,1H3. The lowest BCUT2D eigenvalue weighted by atomic mass is 9.82. The number of thiazole rings is 1. The molecule has 0 bridgehead atoms. The lowest BCUT2D eigenvalue weighted by Gasteiger charge is -2.32. The number of halogens is 6. The quantitative estimate of drug-likeness (QED) is 0.534. The Balaban J connectivity index is 1.67. The molecule has 172 valence electrons. The molecule has 10 heteroatoms. The molecule has 3 nitrogen and oxygen atoms in total. The second kappa shape index (κ2) is 9.32. The minimum atomic E-state index is -4.17. The molecular weight excluding hydrogens is 430 g/mol. The Morgan fingerprint density at radius 2 is 1.50 bits per heavy atom. The van der Waals surface area contributed by atoms with Crippen LogP contribution in [0.3, 0.4) is 0 Å². The normalized spacial score (nSPS) is 26.1. The number of aliphatic hydroxyl groups excluding tert-OH is 1. The van der Waals surface area contributed by atoms with Crippen molar-refractivity contribution in [3.05, 3.63) is 15.6 Å². The second-order valence-electron chi connectivity index (χ2n) is 8.47. The molecule has 1 saturated carbocycles. The van der Waals surface area contributed by atoms with Crippen molar-refractivity contribution in [2.75, 3.05) is 13.1 Å². The molecule has 2 fully saturated rings. The zero-order chi connectivity index (χ0) is 22.1. The molecule has 30 heavy (non-hydrogen) atoms. The zero-order valence-electron chi connectivity index (χ0n) is 16.9. The summed E-state index contributed by atoms with van der Waals surface area (Å²) in [4.78, 5) is 7.29. The first-order valence-electron chi connectivity index (χ1n) is 10.5. The topological polar surface area (TPSA) is 36.4 Å². The van der Waals surface area contributed by atoms with Gasteiger partial charge in [0.25, 0.3) is 0 Å². The Morgan fingerprint density at radius 3 is 2.00 bits per heavy atom. The average Bonchev–Trinajstić information content (AvgIpc) is 3.10. The first-order chi connectivity index (χ1) is 14.0. The van der Waals surface area contributed by atoms with Gasteiger partial charge in [0.05, 0.1) is 33.5 Å². The first-order valence-corrected chi connectivity index (χ1v) is 11.3. The molecule has 0 spiro atoms. The highest BCUT2D eigenvalue weighted by atomic mass is 32.1. The predicted octanol–water partition coefficient (Wildman–Crippen LogP) is 6.20. The molecule has 1 unspecified atom stereocenters. The summed E-state index contributed by atoms with van der Waals surface area (Å²) in [5, 5.41) is 11.2. The number of hydrogen-bond donors (Lipinski definition) is 1. The summed E-state index contributed by atoms with van der Waals surface area (Å²) >= 11 is 1.35. The van der Waals surface area contributed by atoms with Crippen molar-refractivity contribution in [2.45, 2.75) is 82.8 Å². The van der Waals surface area contributed by atoms with E-state index in [2.05, 4.69) is 4.98 Å². The number of hydrogen-bond acceptors (Lipinski definition) is 4. The van der Waals surface area contributed by atoms with Crippen LogP contribution in [0.5, 0.6) is 0 Å². The van der Waals surface area contributed by atoms with Gasteiger partial charge >= 0.3 is 12.4 Å². The van der Waals surface area contributed by atoms with Crippen molar-refractivity contribution in [3.63, 3.8) is 0 Å². The number of rotatable bonds is 5. The highest BCUT2D eigenvalue weighted by molar-refractivity contribution is 7.11. The summed E-state index contributed by atoms with van der Waals surface area (Å²) in [6.45, 7) is 2.83. The third-order valence-electron chi connectivity index (χ3n) is 6.40. The van der Waals surface area contributed by atoms with Gasteiger partial charge in [-0.25, -0.2) is 4.98 Å². The lowest BCUT2D eigenvalue weighted by Crippen LogP contribution is -2.38. The highest BCUT2D eigenvalue weighted by Gasteiger charge is 2.43. The molecular formula is C20H28F6N2OS. The fourth-order valence-corrected chi connectivity index (χ4v) is 5.73. The Kier molecular flexibility index (Phi) is 7.39. The second-order valence-corrected chi connectivity index (χ2v) is 9.53. The van der Waals surface area contributed by atoms with Gasteiger partial charge in [0.1, 0.15) is 0 Å². The van der Waals surface area contributed by atoms with Crippen molar-refractivity contribution >= 4 is 11.3 Å². The highest BCUT2D eigenvalue weighted by Crippen LogP contribution is 2.45. The molecule has 2 heterocycles. The SMILES string of the molecule is CCC(O)c1sc(C2CCC(C(F)(F)F)CC2)nc1CN1CCC(C(F)(F)F)CC1. The lowest BCUT2D eigenvalue weighted by molar-refractivity contribution is -0.185. The van der Waals surface area contributed by atoms with Gasteiger partial charge < -0.3 is 5.11 Å². The van der Waals surface area contributed by atoms with Crippen molar-refractivity contribution in [2.24, 2.45) is 11.8 Å². The summed E-state index contributed by atoms with van der Waals surface area (Å²) in [6.07, 6.45) is -7.48. The third-order valence-corrected chi connectivity index (χ3v) is 7.76. The summed E-state index contributed by atoms with van der Waals surface area (Å²) in [6, 6.07) is 0. The largest absolute Gasteiger partial charge is 0.391 e. The fraction of sp³-hybridized carbons (Fsp3) is 0.850. The molecule has 1 aromatic heterocycles. The van der Waals surface area contributed by atoms with E-state index < -0.39 is 30.3 Å². The molecule has 1 aliphatic heterocycles. The van der Waals surface area contributed by atoms with Gasteiger partial charge in [-0.3, -0.25) is 4.90 Å². The van der Waals surface area contributed by atoms with E-state index in [0.29, 0.717) is 49.5 Å². The number of nitrogens with zero attached hydrogens (tertiary/aromatic N) is 2. The summed E-state index contributed by atoms with van der Waals surface area (Å²) < 4.78 is 77.5. The minimum absolute atomic E-state index is 0.0492. The maximum absolute atomic E-state index is 12.9. The van der Waals surface area contributed by atoms with E-state index in [4.69, 9.17) is 0 Å². The van der Waals surface area contributed by atoms with E-state index in [1.165, 1.54) is 11.3 Å². The maximum Gasteiger partial charge on any atom is 0.391 e. The van der Waals surface area contributed by atoms with Gasteiger partial charge in [0.2, 0.25) is 0 Å². The van der Waals surface area contributed by atoms with E-state index in [0.717, 1.165) is 5.01 Å². The van der Waals surface area contributed by atoms with Gasteiger partial charge in [-0.2, -0.15) is 26.3 Å². The molecule has 1 aromatic rings. The zero-order valence-corrected chi connectivity index (χ0v) is 17.7. The van der Waals surface area contributed by atoms with Gasteiger partial charge in [0, 0.05) is 12.5 Å². The Hall–Kier alpha value is -0.870. The molecule has 0 amide bonds. The van der Waals surface area contributed by atoms with Crippen LogP contribution in [0, 0.1) is 11.8 Å². The molecule has 1 aliphatic carbocycles. The number of piperidine rings is 1. The molecule has 0 aromatic carbocycles. The smallest absolute Gasteiger partial charge is 0.388 e. The summed E-state index contributed by atoms with van der Waals surface area (Å²) in [5.41, 5.74) is 0.660. The predicted molar refractivity (Wildman–Crippen MR) is 102 cm³/mol. The van der Waals surface area contributed by atoms with E-state index in [9.17, 15) is 31.4 Å². The summed E-state index contributed by atoms with van der Waals surface area (Å²) in [7, 11) is 0. The molecule has 3 rings (SSSR count). The average molecular weight is 459 g/mol. The molecule has 0 radical (unpaired) electrons. The maximum atomic E-state index is 12.9. The van der Waals surface area contributed by atoms with Crippen LogP contribution in [-0.2, 0) is 6.54 Å². The number of aliphatic hydroxyl groups is 1. The van der Waals surface area contributed by atoms with Gasteiger partial charge in [-0.1, -0.05) is 6.92 Å². The van der Waals surface area contributed by atoms with E-state index in [1.807, 2.05) is 11.8 Å². The van der Waals surface area contributed by atoms with Crippen molar-refractivity contribution in [1.82, 2.24) is 9.88 Å². The minimum Gasteiger partial charge on any atom is -0.388 e. The van der Waals surface area contributed by atoms with Crippen LogP contribution in [0.2, 0.25) is 0 Å². The van der Waals surface area contributed by atoms with Crippen LogP contribution in [0.1, 0.15) is 79.5 Å². The van der Waals surface area contributed by atoms with Crippen LogP contribution in [0.4, 0.5) is 26.3 Å². The Bertz CT molecular complexity index is 688. The van der Waals surface area contributed by atoms with E-state index in [1.54, 1.807) is 0 Å². The van der Waals surface area contributed by atoms with Gasteiger partial charge in [-0.05, 0) is 58.0 Å². The van der Waals surface area contributed by atoms with Gasteiger partial charge in [0.15, 0.2) is 0 Å². The van der Waals surface area contributed by atoms with Crippen molar-refractivity contribution in [3.8, 4) is 0 Å². The van der Waals surface area contributed by atoms with Crippen molar-refractivity contribution < 1.29 is 31.4 Å². The number of alkyl halides is 6. The van der Waals surface area contributed by atoms with E-state index >= 15 is 0 Å². The number of aromatic nitrogens is 1. The van der Waals surface area contributed by atoms with Crippen LogP contribution in [0.25, 0.3) is 0 Å². The van der Waals surface area contributed by atoms with E-state index in [-0.39, 0.29) is 31.6 Å². The Morgan fingerprint density at radius 1 is 0.967 bits per heavy atom. The molecule has 2 aliphatic rings. The monoisotopic (exact) mass is 458 g/mol. The first kappa shape index (κ1) is 23.8. The summed E-state index contributed by atoms with van der Waals surface area (Å²) in [5.74, 6) is -2.59. The van der Waals surface area contributed by atoms with Gasteiger partial charge in [-0.15, -0.1) is 11.3 Å². The molecule has 1 saturated heterocycles. The van der Waals surface area contributed by atoms with Crippen LogP contribution >= 0.6 is 11.3 Å². The Labute approximate surface area is 176 Å². The third kappa shape index (κ3) is 5.68. The fourth-order valence-electron chi connectivity index (χ4n) is 4.41. The van der Waals surface area contributed by atoms with Crippen LogP contribution in [0.15, 0.2) is 0 Å². The van der Waals surface area contributed by atoms with Crippen LogP contribution < -0.4 is 0 Å². The molecule has 1 N–H and O–H groups in total. The molecule has 1 atom stereocenters. The van der Waals surface area contributed by atoms with Crippen molar-refractivity contribution in [1.29, 1.82) is 0 Å². The van der Waals surface area contributed by atoms with Crippen LogP contribution in [-0.4, -0.2) is 40.4 Å². The number of likely N-dealkylation sites (tertiary alicyclic amines) is 1.